The molecule has 154 valence electrons. The smallest absolute Gasteiger partial charge is 0.416 e. The van der Waals surface area contributed by atoms with Gasteiger partial charge in [-0.15, -0.1) is 0 Å². The fourth-order valence-electron chi connectivity index (χ4n) is 3.11. The Morgan fingerprint density at radius 2 is 1.48 bits per heavy atom. The van der Waals surface area contributed by atoms with Crippen molar-refractivity contribution in [2.24, 2.45) is 0 Å². The van der Waals surface area contributed by atoms with Crippen LogP contribution in [-0.2, 0) is 11.0 Å². The molecule has 1 fully saturated rings. The van der Waals surface area contributed by atoms with Gasteiger partial charge in [-0.2, -0.15) is 13.2 Å². The van der Waals surface area contributed by atoms with Gasteiger partial charge in [-0.3, -0.25) is 9.59 Å². The third kappa shape index (κ3) is 5.49. The second-order valence-corrected chi connectivity index (χ2v) is 6.70. The predicted octanol–water partition coefficient (Wildman–Crippen LogP) is 3.46. The fraction of sp³-hybridized carbons (Fsp3) is 0.333. The number of hydrogen-bond donors (Lipinski definition) is 0. The molecule has 1 aliphatic rings. The van der Waals surface area contributed by atoms with Gasteiger partial charge in [-0.05, 0) is 42.8 Å². The molecule has 2 amide bonds. The van der Waals surface area contributed by atoms with E-state index in [0.29, 0.717) is 38.3 Å². The van der Waals surface area contributed by atoms with E-state index in [1.165, 1.54) is 12.1 Å². The maximum absolute atomic E-state index is 12.7. The molecule has 0 aromatic heterocycles. The molecule has 0 atom stereocenters. The van der Waals surface area contributed by atoms with Crippen molar-refractivity contribution in [1.82, 2.24) is 9.80 Å². The van der Waals surface area contributed by atoms with E-state index in [4.69, 9.17) is 4.74 Å². The van der Waals surface area contributed by atoms with Crippen LogP contribution in [0.1, 0.15) is 22.3 Å². The first kappa shape index (κ1) is 20.7. The van der Waals surface area contributed by atoms with Gasteiger partial charge in [0, 0.05) is 31.7 Å². The summed E-state index contributed by atoms with van der Waals surface area (Å²) < 4.78 is 43.5. The molecule has 0 saturated carbocycles. The normalized spacial score (nSPS) is 15.0. The average Bonchev–Trinajstić information content (AvgIpc) is 2.98. The minimum atomic E-state index is -4.44. The molecule has 8 heteroatoms. The van der Waals surface area contributed by atoms with Crippen molar-refractivity contribution in [3.63, 3.8) is 0 Å². The standard InChI is InChI=1S/C21H21F3N2O3/c22-21(23,24)17-9-7-16(8-10-17)20(28)26-12-4-11-25(13-14-26)19(27)15-29-18-5-2-1-3-6-18/h1-3,5-10H,4,11-15H2. The van der Waals surface area contributed by atoms with Gasteiger partial charge in [0.25, 0.3) is 11.8 Å². The number of rotatable bonds is 4. The molecular weight excluding hydrogens is 385 g/mol. The summed E-state index contributed by atoms with van der Waals surface area (Å²) in [6.07, 6.45) is -3.85. The van der Waals surface area contributed by atoms with Crippen LogP contribution >= 0.6 is 0 Å². The topological polar surface area (TPSA) is 49.9 Å². The van der Waals surface area contributed by atoms with Crippen LogP contribution in [-0.4, -0.2) is 54.4 Å². The molecule has 1 aliphatic heterocycles. The number of hydrogen-bond acceptors (Lipinski definition) is 3. The number of nitrogens with zero attached hydrogens (tertiary/aromatic N) is 2. The van der Waals surface area contributed by atoms with Gasteiger partial charge in [-0.25, -0.2) is 0 Å². The Balaban J connectivity index is 1.55. The summed E-state index contributed by atoms with van der Waals surface area (Å²) in [5, 5.41) is 0. The first-order valence-electron chi connectivity index (χ1n) is 9.27. The van der Waals surface area contributed by atoms with E-state index in [1.54, 1.807) is 21.9 Å². The molecule has 2 aromatic rings. The van der Waals surface area contributed by atoms with Crippen molar-refractivity contribution < 1.29 is 27.5 Å². The lowest BCUT2D eigenvalue weighted by atomic mass is 10.1. The summed E-state index contributed by atoms with van der Waals surface area (Å²) in [5.74, 6) is 0.0982. The zero-order valence-electron chi connectivity index (χ0n) is 15.7. The molecule has 3 rings (SSSR count). The van der Waals surface area contributed by atoms with E-state index in [2.05, 4.69) is 0 Å². The molecule has 0 unspecified atom stereocenters. The summed E-state index contributed by atoms with van der Waals surface area (Å²) in [5.41, 5.74) is -0.592. The molecular formula is C21H21F3N2O3. The number of carbonyl (C=O) groups is 2. The van der Waals surface area contributed by atoms with Crippen LogP contribution in [0.25, 0.3) is 0 Å². The Hall–Kier alpha value is -3.03. The Morgan fingerprint density at radius 3 is 2.14 bits per heavy atom. The van der Waals surface area contributed by atoms with Crippen molar-refractivity contribution in [2.75, 3.05) is 32.8 Å². The lowest BCUT2D eigenvalue weighted by Gasteiger charge is -2.22. The molecule has 0 radical (unpaired) electrons. The van der Waals surface area contributed by atoms with Crippen LogP contribution in [0.5, 0.6) is 5.75 Å². The van der Waals surface area contributed by atoms with Crippen molar-refractivity contribution in [3.05, 3.63) is 65.7 Å². The maximum atomic E-state index is 12.7. The summed E-state index contributed by atoms with van der Waals surface area (Å²) in [6, 6.07) is 13.2. The van der Waals surface area contributed by atoms with Gasteiger partial charge >= 0.3 is 6.18 Å². The highest BCUT2D eigenvalue weighted by molar-refractivity contribution is 5.94. The van der Waals surface area contributed by atoms with Crippen LogP contribution < -0.4 is 4.74 Å². The molecule has 5 nitrogen and oxygen atoms in total. The van der Waals surface area contributed by atoms with Crippen molar-refractivity contribution in [3.8, 4) is 5.75 Å². The Labute approximate surface area is 166 Å². The average molecular weight is 406 g/mol. The predicted molar refractivity (Wildman–Crippen MR) is 100 cm³/mol. The van der Waals surface area contributed by atoms with Gasteiger partial charge in [-0.1, -0.05) is 18.2 Å². The van der Waals surface area contributed by atoms with Gasteiger partial charge in [0.05, 0.1) is 5.56 Å². The van der Waals surface area contributed by atoms with Crippen LogP contribution in [0.4, 0.5) is 13.2 Å². The second kappa shape index (κ2) is 8.98. The van der Waals surface area contributed by atoms with Crippen molar-refractivity contribution >= 4 is 11.8 Å². The summed E-state index contributed by atoms with van der Waals surface area (Å²) in [4.78, 5) is 28.2. The van der Waals surface area contributed by atoms with E-state index in [1.807, 2.05) is 18.2 Å². The third-order valence-electron chi connectivity index (χ3n) is 4.70. The molecule has 0 N–H and O–H groups in total. The van der Waals surface area contributed by atoms with Crippen molar-refractivity contribution in [2.45, 2.75) is 12.6 Å². The van der Waals surface area contributed by atoms with Crippen LogP contribution in [0.3, 0.4) is 0 Å². The van der Waals surface area contributed by atoms with Gasteiger partial charge in [0.15, 0.2) is 6.61 Å². The van der Waals surface area contributed by atoms with E-state index < -0.39 is 11.7 Å². The van der Waals surface area contributed by atoms with Crippen LogP contribution in [0.2, 0.25) is 0 Å². The number of para-hydroxylation sites is 1. The largest absolute Gasteiger partial charge is 0.484 e. The maximum Gasteiger partial charge on any atom is 0.416 e. The molecule has 1 saturated heterocycles. The second-order valence-electron chi connectivity index (χ2n) is 6.70. The number of benzene rings is 2. The monoisotopic (exact) mass is 406 g/mol. The molecule has 1 heterocycles. The first-order valence-corrected chi connectivity index (χ1v) is 9.27. The van der Waals surface area contributed by atoms with E-state index in [0.717, 1.165) is 12.1 Å². The summed E-state index contributed by atoms with van der Waals surface area (Å²) in [7, 11) is 0. The summed E-state index contributed by atoms with van der Waals surface area (Å²) in [6.45, 7) is 1.51. The van der Waals surface area contributed by atoms with E-state index in [9.17, 15) is 22.8 Å². The van der Waals surface area contributed by atoms with Crippen LogP contribution in [0, 0.1) is 0 Å². The number of alkyl halides is 3. The fourth-order valence-corrected chi connectivity index (χ4v) is 3.11. The highest BCUT2D eigenvalue weighted by atomic mass is 19.4. The Kier molecular flexibility index (Phi) is 6.41. The molecule has 0 aliphatic carbocycles. The minimum absolute atomic E-state index is 0.0864. The molecule has 29 heavy (non-hydrogen) atoms. The Bertz CT molecular complexity index is 838. The number of amides is 2. The van der Waals surface area contributed by atoms with Gasteiger partial charge < -0.3 is 14.5 Å². The molecule has 2 aromatic carbocycles. The lowest BCUT2D eigenvalue weighted by molar-refractivity contribution is -0.137. The number of ether oxygens (including phenoxy) is 1. The zero-order chi connectivity index (χ0) is 20.9. The summed E-state index contributed by atoms with van der Waals surface area (Å²) >= 11 is 0. The zero-order valence-corrected chi connectivity index (χ0v) is 15.7. The first-order chi connectivity index (χ1) is 13.8. The Morgan fingerprint density at radius 1 is 0.862 bits per heavy atom. The highest BCUT2D eigenvalue weighted by Crippen LogP contribution is 2.29. The van der Waals surface area contributed by atoms with Gasteiger partial charge in [0.1, 0.15) is 5.75 Å². The number of halogens is 3. The highest BCUT2D eigenvalue weighted by Gasteiger charge is 2.30. The van der Waals surface area contributed by atoms with E-state index in [-0.39, 0.29) is 24.0 Å². The number of carbonyl (C=O) groups excluding carboxylic acids is 2. The van der Waals surface area contributed by atoms with Gasteiger partial charge in [0.2, 0.25) is 0 Å². The molecule has 0 bridgehead atoms. The van der Waals surface area contributed by atoms with Crippen LogP contribution in [0.15, 0.2) is 54.6 Å². The third-order valence-corrected chi connectivity index (χ3v) is 4.70. The minimum Gasteiger partial charge on any atom is -0.484 e. The SMILES string of the molecule is O=C(COc1ccccc1)N1CCCN(C(=O)c2ccc(C(F)(F)F)cc2)CC1. The lowest BCUT2D eigenvalue weighted by Crippen LogP contribution is -2.39. The van der Waals surface area contributed by atoms with Crippen molar-refractivity contribution in [1.29, 1.82) is 0 Å². The quantitative estimate of drug-likeness (QED) is 0.782. The molecule has 0 spiro atoms. The van der Waals surface area contributed by atoms with E-state index >= 15 is 0 Å².